The number of hydrogen-bond acceptors (Lipinski definition) is 6. The summed E-state index contributed by atoms with van der Waals surface area (Å²) in [7, 11) is 2.77. The highest BCUT2D eigenvalue weighted by atomic mass is 32.2. The van der Waals surface area contributed by atoms with E-state index in [1.807, 2.05) is 24.3 Å². The van der Waals surface area contributed by atoms with Gasteiger partial charge in [-0.3, -0.25) is 0 Å². The molecule has 2 aromatic carbocycles. The van der Waals surface area contributed by atoms with Crippen LogP contribution in [0.3, 0.4) is 0 Å². The molecule has 2 aromatic rings. The van der Waals surface area contributed by atoms with E-state index < -0.39 is 10.0 Å². The molecule has 0 unspecified atom stereocenters. The molecule has 0 aliphatic carbocycles. The molecule has 0 saturated heterocycles. The summed E-state index contributed by atoms with van der Waals surface area (Å²) >= 11 is 0. The van der Waals surface area contributed by atoms with Gasteiger partial charge in [-0.25, -0.2) is 0 Å². The molecule has 0 atom stereocenters. The van der Waals surface area contributed by atoms with Crippen molar-refractivity contribution in [3.05, 3.63) is 53.6 Å². The fourth-order valence-electron chi connectivity index (χ4n) is 2.27. The van der Waals surface area contributed by atoms with Crippen molar-refractivity contribution in [3.63, 3.8) is 0 Å². The van der Waals surface area contributed by atoms with Gasteiger partial charge in [0.2, 0.25) is 0 Å². The molecule has 0 bridgehead atoms. The van der Waals surface area contributed by atoms with Crippen LogP contribution in [-0.4, -0.2) is 61.6 Å². The lowest BCUT2D eigenvalue weighted by molar-refractivity contribution is 0.0322. The average Bonchev–Trinajstić information content (AvgIpc) is 2.74. The lowest BCUT2D eigenvalue weighted by Gasteiger charge is -2.12. The van der Waals surface area contributed by atoms with Crippen LogP contribution >= 0.6 is 0 Å². The summed E-state index contributed by atoms with van der Waals surface area (Å²) in [4.78, 5) is 1.69. The van der Waals surface area contributed by atoms with Gasteiger partial charge in [-0.2, -0.15) is 8.42 Å². The highest BCUT2D eigenvalue weighted by Gasteiger charge is 2.11. The van der Waals surface area contributed by atoms with Crippen LogP contribution in [0.2, 0.25) is 0 Å². The lowest BCUT2D eigenvalue weighted by atomic mass is 10.1. The Bertz CT molecular complexity index is 969. The number of ether oxygens (including phenoxy) is 4. The first-order valence-corrected chi connectivity index (χ1v) is 10.4. The SMILES string of the molecule is COCOc1ccc(/C=C/c2ccc(S(=O)(=O)N=CN(C)C)cc2)cc1OCOC. The van der Waals surface area contributed by atoms with Gasteiger partial charge in [-0.05, 0) is 35.4 Å². The van der Waals surface area contributed by atoms with Crippen LogP contribution in [0.25, 0.3) is 12.2 Å². The van der Waals surface area contributed by atoms with Crippen molar-refractivity contribution in [3.8, 4) is 11.5 Å². The van der Waals surface area contributed by atoms with Gasteiger partial charge in [-0.1, -0.05) is 30.4 Å². The maximum absolute atomic E-state index is 12.2. The highest BCUT2D eigenvalue weighted by molar-refractivity contribution is 7.90. The van der Waals surface area contributed by atoms with E-state index in [4.69, 9.17) is 18.9 Å². The zero-order valence-electron chi connectivity index (χ0n) is 17.4. The van der Waals surface area contributed by atoms with Gasteiger partial charge in [0, 0.05) is 28.3 Å². The second-order valence-electron chi connectivity index (χ2n) is 6.37. The second-order valence-corrected chi connectivity index (χ2v) is 8.00. The Morgan fingerprint density at radius 3 is 2.03 bits per heavy atom. The number of hydrogen-bond donors (Lipinski definition) is 0. The molecule has 0 amide bonds. The quantitative estimate of drug-likeness (QED) is 0.232. The Labute approximate surface area is 177 Å². The van der Waals surface area contributed by atoms with Crippen LogP contribution in [0, 0.1) is 0 Å². The third kappa shape index (κ3) is 7.18. The topological polar surface area (TPSA) is 86.7 Å². The second kappa shape index (κ2) is 11.3. The molecule has 0 spiro atoms. The van der Waals surface area contributed by atoms with Gasteiger partial charge in [-0.15, -0.1) is 4.40 Å². The molecule has 0 N–H and O–H groups in total. The fraction of sp³-hybridized carbons (Fsp3) is 0.286. The van der Waals surface area contributed by atoms with E-state index in [1.165, 1.54) is 32.7 Å². The molecule has 2 rings (SSSR count). The fourth-order valence-corrected chi connectivity index (χ4v) is 3.18. The minimum absolute atomic E-state index is 0.0861. The van der Waals surface area contributed by atoms with Crippen molar-refractivity contribution >= 4 is 28.5 Å². The van der Waals surface area contributed by atoms with Crippen LogP contribution in [0.4, 0.5) is 0 Å². The van der Waals surface area contributed by atoms with Crippen molar-refractivity contribution in [2.75, 3.05) is 41.9 Å². The monoisotopic (exact) mass is 434 g/mol. The Kier molecular flexibility index (Phi) is 8.85. The number of sulfonamides is 1. The molecule has 0 aromatic heterocycles. The van der Waals surface area contributed by atoms with Gasteiger partial charge in [0.25, 0.3) is 10.0 Å². The van der Waals surface area contributed by atoms with Gasteiger partial charge in [0.05, 0.1) is 4.90 Å². The largest absolute Gasteiger partial charge is 0.464 e. The van der Waals surface area contributed by atoms with E-state index >= 15 is 0 Å². The van der Waals surface area contributed by atoms with Crippen molar-refractivity contribution in [2.24, 2.45) is 4.40 Å². The van der Waals surface area contributed by atoms with Crippen LogP contribution in [0.5, 0.6) is 11.5 Å². The van der Waals surface area contributed by atoms with Crippen LogP contribution in [0.15, 0.2) is 51.8 Å². The Balaban J connectivity index is 2.16. The lowest BCUT2D eigenvalue weighted by Crippen LogP contribution is -2.10. The Morgan fingerprint density at radius 2 is 1.43 bits per heavy atom. The summed E-state index contributed by atoms with van der Waals surface area (Å²) < 4.78 is 48.9. The number of benzene rings is 2. The summed E-state index contributed by atoms with van der Waals surface area (Å²) in [6, 6.07) is 11.9. The van der Waals surface area contributed by atoms with Crippen molar-refractivity contribution in [1.29, 1.82) is 0 Å². The summed E-state index contributed by atoms with van der Waals surface area (Å²) in [6.45, 7) is 0.190. The smallest absolute Gasteiger partial charge is 0.283 e. The molecule has 0 fully saturated rings. The molecule has 0 radical (unpaired) electrons. The van der Waals surface area contributed by atoms with Crippen LogP contribution in [0.1, 0.15) is 11.1 Å². The molecule has 9 heteroatoms. The van der Waals surface area contributed by atoms with E-state index in [-0.39, 0.29) is 18.5 Å². The average molecular weight is 435 g/mol. The highest BCUT2D eigenvalue weighted by Crippen LogP contribution is 2.29. The number of methoxy groups -OCH3 is 2. The summed E-state index contributed by atoms with van der Waals surface area (Å²) in [5.74, 6) is 1.06. The molecule has 8 nitrogen and oxygen atoms in total. The molecule has 0 heterocycles. The third-order valence-corrected chi connectivity index (χ3v) is 4.94. The molecule has 162 valence electrons. The first-order chi connectivity index (χ1) is 14.4. The van der Waals surface area contributed by atoms with Crippen LogP contribution in [-0.2, 0) is 19.5 Å². The summed E-state index contributed by atoms with van der Waals surface area (Å²) in [5.41, 5.74) is 1.71. The molecule has 30 heavy (non-hydrogen) atoms. The van der Waals surface area contributed by atoms with E-state index in [0.29, 0.717) is 11.5 Å². The minimum atomic E-state index is -3.72. The molecule has 0 aliphatic rings. The van der Waals surface area contributed by atoms with E-state index in [9.17, 15) is 8.42 Å². The van der Waals surface area contributed by atoms with Crippen molar-refractivity contribution in [1.82, 2.24) is 4.90 Å². The molecule has 0 saturated carbocycles. The third-order valence-electron chi connectivity index (χ3n) is 3.70. The summed E-state index contributed by atoms with van der Waals surface area (Å²) in [5, 5.41) is 0. The van der Waals surface area contributed by atoms with Crippen molar-refractivity contribution in [2.45, 2.75) is 4.90 Å². The predicted molar refractivity (Wildman–Crippen MR) is 116 cm³/mol. The minimum Gasteiger partial charge on any atom is -0.464 e. The zero-order valence-corrected chi connectivity index (χ0v) is 18.3. The zero-order chi connectivity index (χ0) is 22.0. The van der Waals surface area contributed by atoms with E-state index in [0.717, 1.165) is 11.1 Å². The van der Waals surface area contributed by atoms with E-state index in [1.54, 1.807) is 37.2 Å². The maximum Gasteiger partial charge on any atom is 0.283 e. The van der Waals surface area contributed by atoms with Crippen LogP contribution < -0.4 is 9.47 Å². The summed E-state index contributed by atoms with van der Waals surface area (Å²) in [6.07, 6.45) is 5.00. The maximum atomic E-state index is 12.2. The Hall–Kier alpha value is -2.88. The first-order valence-electron chi connectivity index (χ1n) is 8.98. The van der Waals surface area contributed by atoms with Crippen molar-refractivity contribution < 1.29 is 27.4 Å². The predicted octanol–water partition coefficient (Wildman–Crippen LogP) is 3.10. The first kappa shape index (κ1) is 23.4. The van der Waals surface area contributed by atoms with Gasteiger partial charge >= 0.3 is 0 Å². The standard InChI is InChI=1S/C21H26N2O6S/c1-23(2)14-22-30(24,25)19-10-7-17(8-11-19)5-6-18-9-12-20(28-15-26-3)21(13-18)29-16-27-4/h5-14H,15-16H2,1-4H3/b6-5+,22-14?. The Morgan fingerprint density at radius 1 is 0.867 bits per heavy atom. The van der Waals surface area contributed by atoms with Gasteiger partial charge in [0.1, 0.15) is 6.34 Å². The molecular weight excluding hydrogens is 408 g/mol. The molecular formula is C21H26N2O6S. The normalized spacial score (nSPS) is 11.9. The van der Waals surface area contributed by atoms with Gasteiger partial charge < -0.3 is 23.8 Å². The van der Waals surface area contributed by atoms with E-state index in [2.05, 4.69) is 4.40 Å². The van der Waals surface area contributed by atoms with Gasteiger partial charge in [0.15, 0.2) is 25.1 Å². The number of nitrogens with zero attached hydrogens (tertiary/aromatic N) is 2. The number of rotatable bonds is 11. The molecule has 0 aliphatic heterocycles.